The van der Waals surface area contributed by atoms with Crippen molar-refractivity contribution >= 4 is 11.8 Å². The smallest absolute Gasteiger partial charge is 0.219 e. The van der Waals surface area contributed by atoms with Crippen LogP contribution >= 0.6 is 0 Å². The van der Waals surface area contributed by atoms with Crippen molar-refractivity contribution < 1.29 is 9.59 Å². The SMILES string of the molecule is CCCCCC(=O)NCCCCCCCCCNC(=O)CCCC. The van der Waals surface area contributed by atoms with Gasteiger partial charge in [0, 0.05) is 25.9 Å². The largest absolute Gasteiger partial charge is 0.356 e. The average molecular weight is 341 g/mol. The number of carbonyl (C=O) groups is 2. The van der Waals surface area contributed by atoms with Gasteiger partial charge in [0.1, 0.15) is 0 Å². The molecule has 0 heterocycles. The highest BCUT2D eigenvalue weighted by Gasteiger charge is 2.00. The Morgan fingerprint density at radius 1 is 0.542 bits per heavy atom. The third kappa shape index (κ3) is 17.3. The summed E-state index contributed by atoms with van der Waals surface area (Å²) in [6.07, 6.45) is 15.1. The Bertz CT molecular complexity index is 306. The number of hydrogen-bond acceptors (Lipinski definition) is 2. The van der Waals surface area contributed by atoms with Crippen molar-refractivity contribution in [3.8, 4) is 0 Å². The molecule has 0 rings (SSSR count). The Hall–Kier alpha value is -1.06. The maximum absolute atomic E-state index is 11.5. The standard InChI is InChI=1S/C20H40N2O2/c1-3-5-12-16-20(24)22-18-14-11-9-7-8-10-13-17-21-19(23)15-6-4-2/h3-18H2,1-2H3,(H,21,23)(H,22,24). The van der Waals surface area contributed by atoms with Crippen molar-refractivity contribution in [3.05, 3.63) is 0 Å². The highest BCUT2D eigenvalue weighted by Crippen LogP contribution is 2.07. The molecule has 0 saturated heterocycles. The van der Waals surface area contributed by atoms with Crippen molar-refractivity contribution in [1.82, 2.24) is 10.6 Å². The van der Waals surface area contributed by atoms with Crippen molar-refractivity contribution in [3.63, 3.8) is 0 Å². The van der Waals surface area contributed by atoms with Gasteiger partial charge in [-0.1, -0.05) is 65.2 Å². The lowest BCUT2D eigenvalue weighted by atomic mass is 10.1. The van der Waals surface area contributed by atoms with Crippen LogP contribution in [-0.2, 0) is 9.59 Å². The van der Waals surface area contributed by atoms with E-state index in [1.807, 2.05) is 0 Å². The highest BCUT2D eigenvalue weighted by molar-refractivity contribution is 5.76. The molecule has 2 N–H and O–H groups in total. The Kier molecular flexibility index (Phi) is 17.5. The topological polar surface area (TPSA) is 58.2 Å². The van der Waals surface area contributed by atoms with Crippen LogP contribution in [0.4, 0.5) is 0 Å². The van der Waals surface area contributed by atoms with Gasteiger partial charge in [0.2, 0.25) is 11.8 Å². The summed E-state index contributed by atoms with van der Waals surface area (Å²) in [7, 11) is 0. The van der Waals surface area contributed by atoms with Crippen LogP contribution in [-0.4, -0.2) is 24.9 Å². The first kappa shape index (κ1) is 22.9. The molecule has 0 spiro atoms. The number of amides is 2. The Labute approximate surface area is 149 Å². The zero-order valence-corrected chi connectivity index (χ0v) is 16.1. The molecule has 0 aromatic rings. The molecule has 0 atom stereocenters. The second kappa shape index (κ2) is 18.3. The first-order chi connectivity index (χ1) is 11.7. The van der Waals surface area contributed by atoms with Gasteiger partial charge in [-0.05, 0) is 25.7 Å². The van der Waals surface area contributed by atoms with Gasteiger partial charge in [-0.3, -0.25) is 9.59 Å². The predicted octanol–water partition coefficient (Wildman–Crippen LogP) is 4.72. The Balaban J connectivity index is 3.17. The molecule has 142 valence electrons. The minimum Gasteiger partial charge on any atom is -0.356 e. The summed E-state index contributed by atoms with van der Waals surface area (Å²) < 4.78 is 0. The van der Waals surface area contributed by atoms with Crippen LogP contribution in [0, 0.1) is 0 Å². The molecule has 0 bridgehead atoms. The van der Waals surface area contributed by atoms with E-state index in [0.717, 1.165) is 51.6 Å². The van der Waals surface area contributed by atoms with Gasteiger partial charge in [-0.25, -0.2) is 0 Å². The monoisotopic (exact) mass is 340 g/mol. The number of unbranched alkanes of at least 4 members (excludes halogenated alkanes) is 9. The summed E-state index contributed by atoms with van der Waals surface area (Å²) in [6.45, 7) is 5.91. The van der Waals surface area contributed by atoms with Gasteiger partial charge in [0.15, 0.2) is 0 Å². The molecular formula is C20H40N2O2. The van der Waals surface area contributed by atoms with Gasteiger partial charge in [0.05, 0.1) is 0 Å². The van der Waals surface area contributed by atoms with E-state index >= 15 is 0 Å². The minimum absolute atomic E-state index is 0.202. The zero-order valence-electron chi connectivity index (χ0n) is 16.1. The lowest BCUT2D eigenvalue weighted by molar-refractivity contribution is -0.122. The van der Waals surface area contributed by atoms with Crippen LogP contribution < -0.4 is 10.6 Å². The van der Waals surface area contributed by atoms with E-state index in [2.05, 4.69) is 24.5 Å². The third-order valence-corrected chi connectivity index (χ3v) is 4.26. The van der Waals surface area contributed by atoms with Crippen molar-refractivity contribution in [2.45, 2.75) is 104 Å². The molecule has 0 saturated carbocycles. The van der Waals surface area contributed by atoms with Gasteiger partial charge in [-0.15, -0.1) is 0 Å². The molecule has 24 heavy (non-hydrogen) atoms. The van der Waals surface area contributed by atoms with Crippen LogP contribution in [0.1, 0.15) is 104 Å². The maximum Gasteiger partial charge on any atom is 0.219 e. The first-order valence-electron chi connectivity index (χ1n) is 10.2. The average Bonchev–Trinajstić information content (AvgIpc) is 2.58. The van der Waals surface area contributed by atoms with Gasteiger partial charge in [0.25, 0.3) is 0 Å². The lowest BCUT2D eigenvalue weighted by Gasteiger charge is -2.06. The number of hydrogen-bond donors (Lipinski definition) is 2. The first-order valence-corrected chi connectivity index (χ1v) is 10.2. The fourth-order valence-corrected chi connectivity index (χ4v) is 2.64. The molecule has 0 aromatic heterocycles. The second-order valence-corrected chi connectivity index (χ2v) is 6.74. The Morgan fingerprint density at radius 3 is 1.42 bits per heavy atom. The molecule has 0 aliphatic carbocycles. The normalized spacial score (nSPS) is 10.6. The highest BCUT2D eigenvalue weighted by atomic mass is 16.2. The fraction of sp³-hybridized carbons (Fsp3) is 0.900. The van der Waals surface area contributed by atoms with Gasteiger partial charge >= 0.3 is 0 Å². The summed E-state index contributed by atoms with van der Waals surface area (Å²) >= 11 is 0. The number of carbonyl (C=O) groups excluding carboxylic acids is 2. The maximum atomic E-state index is 11.5. The van der Waals surface area contributed by atoms with Crippen LogP contribution in [0.15, 0.2) is 0 Å². The summed E-state index contributed by atoms with van der Waals surface area (Å²) in [6, 6.07) is 0. The molecule has 4 nitrogen and oxygen atoms in total. The Morgan fingerprint density at radius 2 is 0.958 bits per heavy atom. The summed E-state index contributed by atoms with van der Waals surface area (Å²) in [5, 5.41) is 5.99. The molecule has 0 radical (unpaired) electrons. The molecule has 0 unspecified atom stereocenters. The van der Waals surface area contributed by atoms with Crippen LogP contribution in [0.3, 0.4) is 0 Å². The van der Waals surface area contributed by atoms with Crippen molar-refractivity contribution in [1.29, 1.82) is 0 Å². The van der Waals surface area contributed by atoms with Crippen LogP contribution in [0.2, 0.25) is 0 Å². The lowest BCUT2D eigenvalue weighted by Crippen LogP contribution is -2.24. The van der Waals surface area contributed by atoms with E-state index in [0.29, 0.717) is 12.8 Å². The van der Waals surface area contributed by atoms with E-state index < -0.39 is 0 Å². The zero-order chi connectivity index (χ0) is 17.9. The summed E-state index contributed by atoms with van der Waals surface area (Å²) in [5.41, 5.74) is 0. The quantitative estimate of drug-likeness (QED) is 0.376. The van der Waals surface area contributed by atoms with E-state index in [1.54, 1.807) is 0 Å². The van der Waals surface area contributed by atoms with Gasteiger partial charge < -0.3 is 10.6 Å². The number of rotatable bonds is 17. The molecule has 0 aromatic carbocycles. The van der Waals surface area contributed by atoms with Crippen molar-refractivity contribution in [2.75, 3.05) is 13.1 Å². The molecule has 4 heteroatoms. The molecular weight excluding hydrogens is 300 g/mol. The fourth-order valence-electron chi connectivity index (χ4n) is 2.64. The van der Waals surface area contributed by atoms with E-state index in [1.165, 1.54) is 38.5 Å². The summed E-state index contributed by atoms with van der Waals surface area (Å²) in [4.78, 5) is 22.9. The molecule has 0 fully saturated rings. The molecule has 0 aliphatic rings. The second-order valence-electron chi connectivity index (χ2n) is 6.74. The van der Waals surface area contributed by atoms with E-state index in [-0.39, 0.29) is 11.8 Å². The van der Waals surface area contributed by atoms with E-state index in [4.69, 9.17) is 0 Å². The van der Waals surface area contributed by atoms with Crippen molar-refractivity contribution in [2.24, 2.45) is 0 Å². The summed E-state index contributed by atoms with van der Waals surface area (Å²) in [5.74, 6) is 0.415. The third-order valence-electron chi connectivity index (χ3n) is 4.26. The number of nitrogens with one attached hydrogen (secondary N) is 2. The molecule has 2 amide bonds. The van der Waals surface area contributed by atoms with Crippen LogP contribution in [0.25, 0.3) is 0 Å². The van der Waals surface area contributed by atoms with Gasteiger partial charge in [-0.2, -0.15) is 0 Å². The van der Waals surface area contributed by atoms with Crippen LogP contribution in [0.5, 0.6) is 0 Å². The van der Waals surface area contributed by atoms with E-state index in [9.17, 15) is 9.59 Å². The molecule has 0 aliphatic heterocycles. The minimum atomic E-state index is 0.202. The predicted molar refractivity (Wildman–Crippen MR) is 102 cm³/mol.